The van der Waals surface area contributed by atoms with Gasteiger partial charge in [0.15, 0.2) is 0 Å². The Hall–Kier alpha value is -1.07. The summed E-state index contributed by atoms with van der Waals surface area (Å²) in [7, 11) is 0. The van der Waals surface area contributed by atoms with E-state index in [1.807, 2.05) is 12.1 Å². The number of nitrogens with zero attached hydrogens (tertiary/aromatic N) is 1. The zero-order valence-electron chi connectivity index (χ0n) is 10.3. The standard InChI is InChI=1S/C13H18N2O2S/c16-12(4-3-11-2-1-6-14-8-11)15-9-13(17)5-7-18-10-13/h1-2,6,8,17H,3-5,7,9-10H2,(H,15,16)/t13-/m1/s1. The normalized spacial score (nSPS) is 22.9. The van der Waals surface area contributed by atoms with Crippen molar-refractivity contribution in [2.24, 2.45) is 0 Å². The Morgan fingerprint density at radius 1 is 1.61 bits per heavy atom. The quantitative estimate of drug-likeness (QED) is 0.834. The lowest BCUT2D eigenvalue weighted by Gasteiger charge is -2.21. The van der Waals surface area contributed by atoms with Gasteiger partial charge >= 0.3 is 0 Å². The fraction of sp³-hybridized carbons (Fsp3) is 0.538. The molecule has 1 aromatic rings. The van der Waals surface area contributed by atoms with Gasteiger partial charge in [-0.1, -0.05) is 6.07 Å². The van der Waals surface area contributed by atoms with Gasteiger partial charge in [-0.25, -0.2) is 0 Å². The van der Waals surface area contributed by atoms with E-state index < -0.39 is 5.60 Å². The van der Waals surface area contributed by atoms with Gasteiger partial charge in [0.1, 0.15) is 0 Å². The molecule has 1 fully saturated rings. The fourth-order valence-electron chi connectivity index (χ4n) is 1.89. The number of aliphatic hydroxyl groups is 1. The molecule has 1 amide bonds. The van der Waals surface area contributed by atoms with E-state index in [4.69, 9.17) is 0 Å². The van der Waals surface area contributed by atoms with Crippen LogP contribution in [-0.4, -0.2) is 39.6 Å². The zero-order chi connectivity index (χ0) is 12.8. The highest BCUT2D eigenvalue weighted by Crippen LogP contribution is 2.26. The molecule has 1 saturated heterocycles. The van der Waals surface area contributed by atoms with Crippen molar-refractivity contribution in [2.75, 3.05) is 18.1 Å². The Labute approximate surface area is 111 Å². The monoisotopic (exact) mass is 266 g/mol. The predicted octanol–water partition coefficient (Wildman–Crippen LogP) is 0.998. The lowest BCUT2D eigenvalue weighted by Crippen LogP contribution is -2.43. The third kappa shape index (κ3) is 3.99. The summed E-state index contributed by atoms with van der Waals surface area (Å²) in [5, 5.41) is 12.9. The molecule has 5 heteroatoms. The Balaban J connectivity index is 1.69. The van der Waals surface area contributed by atoms with Crippen LogP contribution >= 0.6 is 11.8 Å². The van der Waals surface area contributed by atoms with Crippen LogP contribution in [0.5, 0.6) is 0 Å². The largest absolute Gasteiger partial charge is 0.387 e. The molecule has 0 unspecified atom stereocenters. The van der Waals surface area contributed by atoms with Crippen LogP contribution in [0.1, 0.15) is 18.4 Å². The third-order valence-electron chi connectivity index (χ3n) is 3.06. The first-order valence-electron chi connectivity index (χ1n) is 6.14. The number of carbonyl (C=O) groups is 1. The average molecular weight is 266 g/mol. The molecule has 98 valence electrons. The van der Waals surface area contributed by atoms with Crippen molar-refractivity contribution in [3.8, 4) is 0 Å². The van der Waals surface area contributed by atoms with Gasteiger partial charge in [-0.05, 0) is 30.2 Å². The minimum Gasteiger partial charge on any atom is -0.387 e. The summed E-state index contributed by atoms with van der Waals surface area (Å²) in [5.74, 6) is 1.68. The topological polar surface area (TPSA) is 62.2 Å². The smallest absolute Gasteiger partial charge is 0.220 e. The molecule has 0 aromatic carbocycles. The number of thioether (sulfide) groups is 1. The Morgan fingerprint density at radius 2 is 2.50 bits per heavy atom. The van der Waals surface area contributed by atoms with E-state index in [0.717, 1.165) is 23.5 Å². The number of hydrogen-bond donors (Lipinski definition) is 2. The minimum atomic E-state index is -0.700. The maximum absolute atomic E-state index is 11.7. The van der Waals surface area contributed by atoms with Crippen LogP contribution in [0, 0.1) is 0 Å². The van der Waals surface area contributed by atoms with Gasteiger partial charge in [-0.3, -0.25) is 9.78 Å². The summed E-state index contributed by atoms with van der Waals surface area (Å²) in [6.07, 6.45) is 5.38. The number of pyridine rings is 1. The fourth-order valence-corrected chi connectivity index (χ4v) is 3.19. The van der Waals surface area contributed by atoms with Crippen LogP contribution in [0.3, 0.4) is 0 Å². The van der Waals surface area contributed by atoms with Gasteiger partial charge in [0.2, 0.25) is 5.91 Å². The molecule has 0 radical (unpaired) electrons. The highest BCUT2D eigenvalue weighted by atomic mass is 32.2. The van der Waals surface area contributed by atoms with E-state index >= 15 is 0 Å². The molecule has 0 saturated carbocycles. The van der Waals surface area contributed by atoms with Crippen LogP contribution in [0.2, 0.25) is 0 Å². The van der Waals surface area contributed by atoms with E-state index in [0.29, 0.717) is 19.4 Å². The molecule has 0 aliphatic carbocycles. The summed E-state index contributed by atoms with van der Waals surface area (Å²) < 4.78 is 0. The lowest BCUT2D eigenvalue weighted by molar-refractivity contribution is -0.122. The van der Waals surface area contributed by atoms with Crippen molar-refractivity contribution in [3.63, 3.8) is 0 Å². The van der Waals surface area contributed by atoms with Crippen molar-refractivity contribution < 1.29 is 9.90 Å². The van der Waals surface area contributed by atoms with E-state index in [2.05, 4.69) is 10.3 Å². The lowest BCUT2D eigenvalue weighted by atomic mass is 10.0. The maximum atomic E-state index is 11.7. The summed E-state index contributed by atoms with van der Waals surface area (Å²) >= 11 is 1.73. The zero-order valence-corrected chi connectivity index (χ0v) is 11.1. The van der Waals surface area contributed by atoms with Crippen LogP contribution in [0.25, 0.3) is 0 Å². The molecular weight excluding hydrogens is 248 g/mol. The van der Waals surface area contributed by atoms with Gasteiger partial charge in [-0.15, -0.1) is 0 Å². The molecule has 1 aromatic heterocycles. The van der Waals surface area contributed by atoms with Crippen molar-refractivity contribution in [2.45, 2.75) is 24.9 Å². The first-order valence-corrected chi connectivity index (χ1v) is 7.29. The van der Waals surface area contributed by atoms with Gasteiger partial charge in [0, 0.05) is 31.1 Å². The van der Waals surface area contributed by atoms with Crippen molar-refractivity contribution >= 4 is 17.7 Å². The SMILES string of the molecule is O=C(CCc1cccnc1)NC[C@]1(O)CCSC1. The van der Waals surface area contributed by atoms with Crippen molar-refractivity contribution in [3.05, 3.63) is 30.1 Å². The number of amides is 1. The van der Waals surface area contributed by atoms with Crippen LogP contribution in [-0.2, 0) is 11.2 Å². The number of aryl methyl sites for hydroxylation is 1. The third-order valence-corrected chi connectivity index (χ3v) is 4.29. The molecule has 0 spiro atoms. The Morgan fingerprint density at radius 3 is 3.17 bits per heavy atom. The molecule has 0 bridgehead atoms. The number of aromatic nitrogens is 1. The maximum Gasteiger partial charge on any atom is 0.220 e. The number of hydrogen-bond acceptors (Lipinski definition) is 4. The van der Waals surface area contributed by atoms with E-state index in [1.165, 1.54) is 0 Å². The van der Waals surface area contributed by atoms with Crippen molar-refractivity contribution in [1.29, 1.82) is 0 Å². The summed E-state index contributed by atoms with van der Waals surface area (Å²) in [6, 6.07) is 3.83. The van der Waals surface area contributed by atoms with E-state index in [9.17, 15) is 9.90 Å². The van der Waals surface area contributed by atoms with Crippen molar-refractivity contribution in [1.82, 2.24) is 10.3 Å². The predicted molar refractivity (Wildman–Crippen MR) is 72.5 cm³/mol. The Kier molecular flexibility index (Phi) is 4.60. The molecular formula is C13H18N2O2S. The molecule has 1 aliphatic rings. The summed E-state index contributed by atoms with van der Waals surface area (Å²) in [6.45, 7) is 0.367. The van der Waals surface area contributed by atoms with Gasteiger partial charge in [0.05, 0.1) is 5.60 Å². The van der Waals surface area contributed by atoms with E-state index in [1.54, 1.807) is 24.2 Å². The molecule has 2 N–H and O–H groups in total. The minimum absolute atomic E-state index is 0.0100. The second-order valence-corrected chi connectivity index (χ2v) is 5.77. The highest BCUT2D eigenvalue weighted by Gasteiger charge is 2.31. The first-order chi connectivity index (χ1) is 8.68. The molecule has 1 atom stereocenters. The second-order valence-electron chi connectivity index (χ2n) is 4.66. The molecule has 1 aliphatic heterocycles. The average Bonchev–Trinajstić information content (AvgIpc) is 2.83. The second kappa shape index (κ2) is 6.20. The first kappa shape index (κ1) is 13.4. The van der Waals surface area contributed by atoms with E-state index in [-0.39, 0.29) is 5.91 Å². The van der Waals surface area contributed by atoms with Gasteiger partial charge in [0.25, 0.3) is 0 Å². The van der Waals surface area contributed by atoms with Gasteiger partial charge in [-0.2, -0.15) is 11.8 Å². The van der Waals surface area contributed by atoms with Gasteiger partial charge < -0.3 is 10.4 Å². The molecule has 18 heavy (non-hydrogen) atoms. The molecule has 2 rings (SSSR count). The van der Waals surface area contributed by atoms with Crippen LogP contribution < -0.4 is 5.32 Å². The number of carbonyl (C=O) groups excluding carboxylic acids is 1. The number of rotatable bonds is 5. The number of nitrogens with one attached hydrogen (secondary N) is 1. The highest BCUT2D eigenvalue weighted by molar-refractivity contribution is 7.99. The molecule has 4 nitrogen and oxygen atoms in total. The summed E-state index contributed by atoms with van der Waals surface area (Å²) in [5.41, 5.74) is 0.358. The summed E-state index contributed by atoms with van der Waals surface area (Å²) in [4.78, 5) is 15.7. The van der Waals surface area contributed by atoms with Crippen LogP contribution in [0.4, 0.5) is 0 Å². The molecule has 2 heterocycles. The Bertz CT molecular complexity index is 391. The van der Waals surface area contributed by atoms with Crippen LogP contribution in [0.15, 0.2) is 24.5 Å².